The zero-order valence-corrected chi connectivity index (χ0v) is 7.31. The summed E-state index contributed by atoms with van der Waals surface area (Å²) in [7, 11) is 0. The minimum atomic E-state index is 0.426. The Bertz CT molecular complexity index is 264. The van der Waals surface area contributed by atoms with E-state index in [1.807, 2.05) is 13.0 Å². The summed E-state index contributed by atoms with van der Waals surface area (Å²) in [5, 5.41) is 9.42. The molecule has 1 aromatic carbocycles. The number of rotatable bonds is 1. The molecule has 0 heterocycles. The predicted molar refractivity (Wildman–Crippen MR) is 47.0 cm³/mol. The van der Waals surface area contributed by atoms with E-state index in [4.69, 9.17) is 0 Å². The third-order valence-corrected chi connectivity index (χ3v) is 2.20. The summed E-state index contributed by atoms with van der Waals surface area (Å²) in [6.07, 6.45) is 0.902. The second-order valence-electron chi connectivity index (χ2n) is 2.86. The van der Waals surface area contributed by atoms with E-state index in [2.05, 4.69) is 13.8 Å². The van der Waals surface area contributed by atoms with Gasteiger partial charge in [-0.05, 0) is 43.0 Å². The summed E-state index contributed by atoms with van der Waals surface area (Å²) in [6.45, 7) is 6.17. The molecule has 1 aromatic rings. The maximum atomic E-state index is 9.42. The van der Waals surface area contributed by atoms with Gasteiger partial charge in [-0.1, -0.05) is 13.0 Å². The molecule has 0 saturated heterocycles. The standard InChI is InChI=1S/C10H14O/c1-4-9-8(3)7(2)5-6-10(9)11/h5-6,11H,4H2,1-3H3. The number of phenols is 1. The fourth-order valence-corrected chi connectivity index (χ4v) is 1.31. The molecular formula is C10H14O. The fraction of sp³-hybridized carbons (Fsp3) is 0.400. The topological polar surface area (TPSA) is 20.2 Å². The smallest absolute Gasteiger partial charge is 0.119 e. The van der Waals surface area contributed by atoms with Crippen molar-refractivity contribution in [2.45, 2.75) is 27.2 Å². The first-order valence-electron chi connectivity index (χ1n) is 3.94. The molecule has 0 aromatic heterocycles. The van der Waals surface area contributed by atoms with Crippen LogP contribution in [0.15, 0.2) is 12.1 Å². The zero-order valence-electron chi connectivity index (χ0n) is 7.31. The first-order chi connectivity index (χ1) is 5.16. The van der Waals surface area contributed by atoms with Crippen LogP contribution >= 0.6 is 0 Å². The molecule has 1 nitrogen and oxygen atoms in total. The molecule has 1 heteroatoms. The highest BCUT2D eigenvalue weighted by Gasteiger charge is 2.03. The third kappa shape index (κ3) is 1.37. The summed E-state index contributed by atoms with van der Waals surface area (Å²) in [6, 6.07) is 3.71. The number of aryl methyl sites for hydroxylation is 1. The third-order valence-electron chi connectivity index (χ3n) is 2.20. The Labute approximate surface area is 67.7 Å². The Balaban J connectivity index is 3.29. The van der Waals surface area contributed by atoms with Gasteiger partial charge in [-0.3, -0.25) is 0 Å². The molecule has 1 rings (SSSR count). The number of aromatic hydroxyl groups is 1. The van der Waals surface area contributed by atoms with Gasteiger partial charge in [0, 0.05) is 0 Å². The maximum Gasteiger partial charge on any atom is 0.119 e. The molecule has 11 heavy (non-hydrogen) atoms. The van der Waals surface area contributed by atoms with E-state index in [0.717, 1.165) is 12.0 Å². The predicted octanol–water partition coefficient (Wildman–Crippen LogP) is 2.57. The van der Waals surface area contributed by atoms with Gasteiger partial charge in [-0.25, -0.2) is 0 Å². The van der Waals surface area contributed by atoms with E-state index in [9.17, 15) is 5.11 Å². The quantitative estimate of drug-likeness (QED) is 0.652. The average molecular weight is 150 g/mol. The number of phenolic OH excluding ortho intramolecular Hbond substituents is 1. The molecule has 1 N–H and O–H groups in total. The van der Waals surface area contributed by atoms with Crippen LogP contribution in [0.5, 0.6) is 5.75 Å². The highest BCUT2D eigenvalue weighted by atomic mass is 16.3. The number of hydrogen-bond donors (Lipinski definition) is 1. The number of hydrogen-bond acceptors (Lipinski definition) is 1. The van der Waals surface area contributed by atoms with Gasteiger partial charge in [0.05, 0.1) is 0 Å². The van der Waals surface area contributed by atoms with Crippen molar-refractivity contribution in [1.29, 1.82) is 0 Å². The summed E-state index contributed by atoms with van der Waals surface area (Å²) >= 11 is 0. The van der Waals surface area contributed by atoms with Crippen molar-refractivity contribution in [2.24, 2.45) is 0 Å². The van der Waals surface area contributed by atoms with Gasteiger partial charge < -0.3 is 5.11 Å². The lowest BCUT2D eigenvalue weighted by Crippen LogP contribution is -1.90. The summed E-state index contributed by atoms with van der Waals surface area (Å²) < 4.78 is 0. The molecule has 0 aliphatic heterocycles. The average Bonchev–Trinajstić information content (AvgIpc) is 1.99. The van der Waals surface area contributed by atoms with Crippen LogP contribution in [0.4, 0.5) is 0 Å². The van der Waals surface area contributed by atoms with Crippen LogP contribution in [0, 0.1) is 13.8 Å². The highest BCUT2D eigenvalue weighted by Crippen LogP contribution is 2.23. The molecule has 0 saturated carbocycles. The van der Waals surface area contributed by atoms with E-state index < -0.39 is 0 Å². The molecule has 0 aliphatic rings. The van der Waals surface area contributed by atoms with E-state index in [1.165, 1.54) is 11.1 Å². The Hall–Kier alpha value is -0.980. The van der Waals surface area contributed by atoms with Crippen molar-refractivity contribution >= 4 is 0 Å². The van der Waals surface area contributed by atoms with Crippen molar-refractivity contribution in [3.63, 3.8) is 0 Å². The normalized spacial score (nSPS) is 10.1. The first kappa shape index (κ1) is 8.12. The lowest BCUT2D eigenvalue weighted by atomic mass is 10.0. The molecule has 0 atom stereocenters. The molecule has 0 amide bonds. The zero-order chi connectivity index (χ0) is 8.43. The highest BCUT2D eigenvalue weighted by molar-refractivity contribution is 5.42. The fourth-order valence-electron chi connectivity index (χ4n) is 1.31. The first-order valence-corrected chi connectivity index (χ1v) is 3.94. The molecule has 0 bridgehead atoms. The number of benzene rings is 1. The van der Waals surface area contributed by atoms with Gasteiger partial charge >= 0.3 is 0 Å². The Kier molecular flexibility index (Phi) is 2.18. The lowest BCUT2D eigenvalue weighted by Gasteiger charge is -2.07. The Morgan fingerprint density at radius 2 is 1.91 bits per heavy atom. The molecule has 0 aliphatic carbocycles. The largest absolute Gasteiger partial charge is 0.508 e. The monoisotopic (exact) mass is 150 g/mol. The molecule has 60 valence electrons. The van der Waals surface area contributed by atoms with Crippen molar-refractivity contribution in [2.75, 3.05) is 0 Å². The van der Waals surface area contributed by atoms with E-state index in [1.54, 1.807) is 6.07 Å². The minimum Gasteiger partial charge on any atom is -0.508 e. The summed E-state index contributed by atoms with van der Waals surface area (Å²) in [5.41, 5.74) is 3.54. The van der Waals surface area contributed by atoms with Crippen molar-refractivity contribution in [3.05, 3.63) is 28.8 Å². The van der Waals surface area contributed by atoms with Crippen molar-refractivity contribution < 1.29 is 5.11 Å². The van der Waals surface area contributed by atoms with Crippen LogP contribution in [0.3, 0.4) is 0 Å². The minimum absolute atomic E-state index is 0.426. The van der Waals surface area contributed by atoms with Crippen LogP contribution in [0.2, 0.25) is 0 Å². The molecular weight excluding hydrogens is 136 g/mol. The molecule has 0 spiro atoms. The van der Waals surface area contributed by atoms with Crippen LogP contribution in [0.25, 0.3) is 0 Å². The summed E-state index contributed by atoms with van der Waals surface area (Å²) in [4.78, 5) is 0. The van der Waals surface area contributed by atoms with E-state index in [0.29, 0.717) is 5.75 Å². The van der Waals surface area contributed by atoms with Gasteiger partial charge in [0.1, 0.15) is 5.75 Å². The van der Waals surface area contributed by atoms with Crippen LogP contribution in [0.1, 0.15) is 23.6 Å². The van der Waals surface area contributed by atoms with E-state index >= 15 is 0 Å². The molecule has 0 unspecified atom stereocenters. The molecule has 0 fully saturated rings. The summed E-state index contributed by atoms with van der Waals surface area (Å²) in [5.74, 6) is 0.426. The van der Waals surface area contributed by atoms with Crippen molar-refractivity contribution in [1.82, 2.24) is 0 Å². The Morgan fingerprint density at radius 3 is 2.36 bits per heavy atom. The second kappa shape index (κ2) is 2.95. The van der Waals surface area contributed by atoms with Crippen LogP contribution in [-0.4, -0.2) is 5.11 Å². The van der Waals surface area contributed by atoms with E-state index in [-0.39, 0.29) is 0 Å². The van der Waals surface area contributed by atoms with Gasteiger partial charge in [-0.2, -0.15) is 0 Å². The molecule has 0 radical (unpaired) electrons. The van der Waals surface area contributed by atoms with Crippen molar-refractivity contribution in [3.8, 4) is 5.75 Å². The van der Waals surface area contributed by atoms with Crippen LogP contribution < -0.4 is 0 Å². The second-order valence-corrected chi connectivity index (χ2v) is 2.86. The van der Waals surface area contributed by atoms with Crippen LogP contribution in [-0.2, 0) is 6.42 Å². The Morgan fingerprint density at radius 1 is 1.27 bits per heavy atom. The van der Waals surface area contributed by atoms with Gasteiger partial charge in [-0.15, -0.1) is 0 Å². The van der Waals surface area contributed by atoms with Gasteiger partial charge in [0.25, 0.3) is 0 Å². The SMILES string of the molecule is CCc1c(O)ccc(C)c1C. The maximum absolute atomic E-state index is 9.42. The van der Waals surface area contributed by atoms with Gasteiger partial charge in [0.15, 0.2) is 0 Å². The lowest BCUT2D eigenvalue weighted by molar-refractivity contribution is 0.468. The van der Waals surface area contributed by atoms with Gasteiger partial charge in [0.2, 0.25) is 0 Å².